The fourth-order valence-corrected chi connectivity index (χ4v) is 4.26. The summed E-state index contributed by atoms with van der Waals surface area (Å²) >= 11 is 0. The highest BCUT2D eigenvalue weighted by Gasteiger charge is 2.33. The van der Waals surface area contributed by atoms with Crippen molar-refractivity contribution in [3.8, 4) is 0 Å². The first-order valence-electron chi connectivity index (χ1n) is 7.37. The molecule has 4 nitrogen and oxygen atoms in total. The Kier molecular flexibility index (Phi) is 4.76. The van der Waals surface area contributed by atoms with E-state index < -0.39 is 9.84 Å². The van der Waals surface area contributed by atoms with Gasteiger partial charge in [0.15, 0.2) is 9.84 Å². The molecule has 1 heterocycles. The van der Waals surface area contributed by atoms with Crippen molar-refractivity contribution in [2.45, 2.75) is 56.7 Å². The molecule has 0 aliphatic carbocycles. The molecule has 1 N–H and O–H groups in total. The average Bonchev–Trinajstić information content (AvgIpc) is 2.68. The summed E-state index contributed by atoms with van der Waals surface area (Å²) < 4.78 is 30.4. The molecular formula is C16H25NO3S. The first-order chi connectivity index (χ1) is 9.68. The van der Waals surface area contributed by atoms with Gasteiger partial charge in [0.2, 0.25) is 0 Å². The zero-order valence-corrected chi connectivity index (χ0v) is 14.0. The average molecular weight is 311 g/mol. The number of rotatable bonds is 5. The highest BCUT2D eigenvalue weighted by Crippen LogP contribution is 2.24. The minimum Gasteiger partial charge on any atom is -0.374 e. The molecule has 0 aromatic heterocycles. The van der Waals surface area contributed by atoms with Crippen LogP contribution in [0.1, 0.15) is 32.8 Å². The van der Waals surface area contributed by atoms with Gasteiger partial charge in [-0.3, -0.25) is 0 Å². The SMILES string of the molecule is Cc1ccc(S(=O)(=O)CC(C)NC2COC(C)(C)C2)cc1. The van der Waals surface area contributed by atoms with Gasteiger partial charge in [0.1, 0.15) is 0 Å². The van der Waals surface area contributed by atoms with Gasteiger partial charge in [-0.25, -0.2) is 8.42 Å². The molecule has 2 atom stereocenters. The van der Waals surface area contributed by atoms with Gasteiger partial charge >= 0.3 is 0 Å². The second-order valence-electron chi connectivity index (χ2n) is 6.63. The van der Waals surface area contributed by atoms with Crippen LogP contribution in [-0.2, 0) is 14.6 Å². The van der Waals surface area contributed by atoms with Gasteiger partial charge in [0, 0.05) is 12.1 Å². The van der Waals surface area contributed by atoms with Crippen molar-refractivity contribution in [3.63, 3.8) is 0 Å². The lowest BCUT2D eigenvalue weighted by Crippen LogP contribution is -2.41. The van der Waals surface area contributed by atoms with Crippen molar-refractivity contribution in [1.29, 1.82) is 0 Å². The number of ether oxygens (including phenoxy) is 1. The zero-order chi connectivity index (χ0) is 15.7. The Morgan fingerprint density at radius 3 is 2.48 bits per heavy atom. The summed E-state index contributed by atoms with van der Waals surface area (Å²) in [5.41, 5.74) is 0.943. The van der Waals surface area contributed by atoms with Crippen molar-refractivity contribution >= 4 is 9.84 Å². The van der Waals surface area contributed by atoms with E-state index in [0.29, 0.717) is 11.5 Å². The number of benzene rings is 1. The van der Waals surface area contributed by atoms with Crippen molar-refractivity contribution in [3.05, 3.63) is 29.8 Å². The van der Waals surface area contributed by atoms with Crippen LogP contribution in [0.3, 0.4) is 0 Å². The van der Waals surface area contributed by atoms with E-state index in [-0.39, 0.29) is 23.4 Å². The van der Waals surface area contributed by atoms with E-state index in [9.17, 15) is 8.42 Å². The smallest absolute Gasteiger partial charge is 0.179 e. The normalized spacial score (nSPS) is 23.1. The molecule has 2 rings (SSSR count). The Bertz CT molecular complexity index is 578. The zero-order valence-electron chi connectivity index (χ0n) is 13.2. The third-order valence-corrected chi connectivity index (χ3v) is 5.71. The maximum atomic E-state index is 12.4. The number of aryl methyl sites for hydroxylation is 1. The third-order valence-electron chi connectivity index (χ3n) is 3.78. The van der Waals surface area contributed by atoms with Gasteiger partial charge in [0.05, 0.1) is 22.9 Å². The van der Waals surface area contributed by atoms with Crippen molar-refractivity contribution in [2.24, 2.45) is 0 Å². The fourth-order valence-electron chi connectivity index (χ4n) is 2.77. The van der Waals surface area contributed by atoms with Crippen LogP contribution in [0.5, 0.6) is 0 Å². The van der Waals surface area contributed by atoms with E-state index in [2.05, 4.69) is 19.2 Å². The molecule has 21 heavy (non-hydrogen) atoms. The molecule has 0 amide bonds. The standard InChI is InChI=1S/C16H25NO3S/c1-12-5-7-15(8-6-12)21(18,19)11-13(2)17-14-9-16(3,4)20-10-14/h5-8,13-14,17H,9-11H2,1-4H3. The molecular weight excluding hydrogens is 286 g/mol. The van der Waals surface area contributed by atoms with Gasteiger partial charge in [-0.15, -0.1) is 0 Å². The van der Waals surface area contributed by atoms with E-state index in [0.717, 1.165) is 12.0 Å². The van der Waals surface area contributed by atoms with E-state index in [1.807, 2.05) is 26.0 Å². The molecule has 118 valence electrons. The van der Waals surface area contributed by atoms with Crippen LogP contribution in [0.15, 0.2) is 29.2 Å². The molecule has 1 aromatic carbocycles. The number of hydrogen-bond donors (Lipinski definition) is 1. The van der Waals surface area contributed by atoms with Gasteiger partial charge in [-0.1, -0.05) is 17.7 Å². The van der Waals surface area contributed by atoms with Crippen molar-refractivity contribution in [2.75, 3.05) is 12.4 Å². The lowest BCUT2D eigenvalue weighted by atomic mass is 10.0. The highest BCUT2D eigenvalue weighted by molar-refractivity contribution is 7.91. The Labute approximate surface area is 127 Å². The topological polar surface area (TPSA) is 55.4 Å². The Morgan fingerprint density at radius 2 is 1.95 bits per heavy atom. The van der Waals surface area contributed by atoms with Crippen LogP contribution in [0.25, 0.3) is 0 Å². The number of nitrogens with one attached hydrogen (secondary N) is 1. The minimum absolute atomic E-state index is 0.0983. The molecule has 1 aliphatic heterocycles. The molecule has 2 unspecified atom stereocenters. The first kappa shape index (κ1) is 16.5. The van der Waals surface area contributed by atoms with Gasteiger partial charge < -0.3 is 10.1 Å². The number of hydrogen-bond acceptors (Lipinski definition) is 4. The lowest BCUT2D eigenvalue weighted by Gasteiger charge is -2.20. The maximum Gasteiger partial charge on any atom is 0.179 e. The Balaban J connectivity index is 1.95. The molecule has 0 radical (unpaired) electrons. The van der Waals surface area contributed by atoms with E-state index in [1.54, 1.807) is 12.1 Å². The predicted molar refractivity (Wildman–Crippen MR) is 84.3 cm³/mol. The van der Waals surface area contributed by atoms with E-state index in [1.165, 1.54) is 0 Å². The van der Waals surface area contributed by atoms with Gasteiger partial charge in [0.25, 0.3) is 0 Å². The molecule has 1 fully saturated rings. The third kappa shape index (κ3) is 4.53. The molecule has 0 spiro atoms. The Morgan fingerprint density at radius 1 is 1.33 bits per heavy atom. The molecule has 1 aromatic rings. The van der Waals surface area contributed by atoms with Crippen molar-refractivity contribution in [1.82, 2.24) is 5.32 Å². The second kappa shape index (κ2) is 6.07. The lowest BCUT2D eigenvalue weighted by molar-refractivity contribution is 0.0356. The highest BCUT2D eigenvalue weighted by atomic mass is 32.2. The summed E-state index contributed by atoms with van der Waals surface area (Å²) in [7, 11) is -3.25. The molecule has 1 aliphatic rings. The molecule has 5 heteroatoms. The molecule has 0 saturated carbocycles. The van der Waals surface area contributed by atoms with Gasteiger partial charge in [-0.05, 0) is 46.2 Å². The van der Waals surface area contributed by atoms with Crippen LogP contribution in [0, 0.1) is 6.92 Å². The van der Waals surface area contributed by atoms with Crippen LogP contribution >= 0.6 is 0 Å². The summed E-state index contributed by atoms with van der Waals surface area (Å²) in [6, 6.07) is 7.15. The number of sulfone groups is 1. The maximum absolute atomic E-state index is 12.4. The first-order valence-corrected chi connectivity index (χ1v) is 9.03. The minimum atomic E-state index is -3.25. The molecule has 1 saturated heterocycles. The van der Waals surface area contributed by atoms with Crippen LogP contribution in [0.2, 0.25) is 0 Å². The van der Waals surface area contributed by atoms with Crippen LogP contribution in [-0.4, -0.2) is 38.5 Å². The summed E-state index contributed by atoms with van der Waals surface area (Å²) in [5.74, 6) is 0.104. The quantitative estimate of drug-likeness (QED) is 0.906. The molecule has 0 bridgehead atoms. The summed E-state index contributed by atoms with van der Waals surface area (Å²) in [4.78, 5) is 0.393. The predicted octanol–water partition coefficient (Wildman–Crippen LogP) is 2.31. The van der Waals surface area contributed by atoms with E-state index in [4.69, 9.17) is 4.74 Å². The van der Waals surface area contributed by atoms with E-state index >= 15 is 0 Å². The monoisotopic (exact) mass is 311 g/mol. The summed E-state index contributed by atoms with van der Waals surface area (Å²) in [5, 5.41) is 3.37. The largest absolute Gasteiger partial charge is 0.374 e. The Hall–Kier alpha value is -0.910. The summed E-state index contributed by atoms with van der Waals surface area (Å²) in [6.45, 7) is 8.62. The van der Waals surface area contributed by atoms with Gasteiger partial charge in [-0.2, -0.15) is 0 Å². The fraction of sp³-hybridized carbons (Fsp3) is 0.625. The van der Waals surface area contributed by atoms with Crippen LogP contribution < -0.4 is 5.32 Å². The van der Waals surface area contributed by atoms with Crippen LogP contribution in [0.4, 0.5) is 0 Å². The van der Waals surface area contributed by atoms with Crippen molar-refractivity contribution < 1.29 is 13.2 Å². The second-order valence-corrected chi connectivity index (χ2v) is 8.67. The summed E-state index contributed by atoms with van der Waals surface area (Å²) in [6.07, 6.45) is 0.905.